The highest BCUT2D eigenvalue weighted by Gasteiger charge is 2.24. The van der Waals surface area contributed by atoms with Crippen molar-refractivity contribution in [1.29, 1.82) is 0 Å². The van der Waals surface area contributed by atoms with Gasteiger partial charge in [0.15, 0.2) is 0 Å². The van der Waals surface area contributed by atoms with Gasteiger partial charge in [0, 0.05) is 13.1 Å². The Balaban J connectivity index is 2.53. The van der Waals surface area contributed by atoms with E-state index in [1.54, 1.807) is 4.31 Å². The minimum absolute atomic E-state index is 0.311. The Labute approximate surface area is 100 Å². The van der Waals surface area contributed by atoms with Crippen LogP contribution in [0.25, 0.3) is 0 Å². The predicted molar refractivity (Wildman–Crippen MR) is 67.9 cm³/mol. The lowest BCUT2D eigenvalue weighted by molar-refractivity contribution is 0.400. The Kier molecular flexibility index (Phi) is 5.76. The van der Waals surface area contributed by atoms with Crippen LogP contribution < -0.4 is 0 Å². The third-order valence-electron chi connectivity index (χ3n) is 3.36. The molecule has 0 N–H and O–H groups in total. The summed E-state index contributed by atoms with van der Waals surface area (Å²) >= 11 is 0. The fourth-order valence-electron chi connectivity index (χ4n) is 2.50. The zero-order valence-corrected chi connectivity index (χ0v) is 11.4. The van der Waals surface area contributed by atoms with Crippen molar-refractivity contribution < 1.29 is 8.42 Å². The van der Waals surface area contributed by atoms with Gasteiger partial charge in [0.25, 0.3) is 0 Å². The standard InChI is InChI=1S/C12H25NO2S/c1-3-6-12-7-5-9-13(10-8-12)16(14,15)11-4-2/h12H,3-11H2,1-2H3. The van der Waals surface area contributed by atoms with E-state index >= 15 is 0 Å². The minimum Gasteiger partial charge on any atom is -0.212 e. The summed E-state index contributed by atoms with van der Waals surface area (Å²) in [5.74, 6) is 1.05. The van der Waals surface area contributed by atoms with Crippen LogP contribution in [0, 0.1) is 5.92 Å². The molecule has 1 unspecified atom stereocenters. The van der Waals surface area contributed by atoms with Crippen LogP contribution in [0.5, 0.6) is 0 Å². The lowest BCUT2D eigenvalue weighted by atomic mass is 9.96. The number of nitrogens with zero attached hydrogens (tertiary/aromatic N) is 1. The van der Waals surface area contributed by atoms with Gasteiger partial charge in [-0.05, 0) is 31.6 Å². The summed E-state index contributed by atoms with van der Waals surface area (Å²) in [6.45, 7) is 5.61. The second-order valence-electron chi connectivity index (χ2n) is 4.80. The third-order valence-corrected chi connectivity index (χ3v) is 5.44. The molecular formula is C12H25NO2S. The van der Waals surface area contributed by atoms with Crippen LogP contribution in [0.1, 0.15) is 52.4 Å². The van der Waals surface area contributed by atoms with Gasteiger partial charge in [-0.15, -0.1) is 0 Å². The van der Waals surface area contributed by atoms with Crippen molar-refractivity contribution >= 4 is 10.0 Å². The van der Waals surface area contributed by atoms with Crippen LogP contribution in [0.15, 0.2) is 0 Å². The van der Waals surface area contributed by atoms with Crippen molar-refractivity contribution in [2.24, 2.45) is 5.92 Å². The molecule has 3 nitrogen and oxygen atoms in total. The summed E-state index contributed by atoms with van der Waals surface area (Å²) < 4.78 is 25.6. The molecule has 1 fully saturated rings. The smallest absolute Gasteiger partial charge is 0.212 e. The molecule has 0 bridgehead atoms. The van der Waals surface area contributed by atoms with Crippen LogP contribution in [-0.2, 0) is 10.0 Å². The summed E-state index contributed by atoms with van der Waals surface area (Å²) in [7, 11) is -2.96. The highest BCUT2D eigenvalue weighted by Crippen LogP contribution is 2.23. The van der Waals surface area contributed by atoms with Gasteiger partial charge in [0.1, 0.15) is 0 Å². The van der Waals surface area contributed by atoms with E-state index in [0.29, 0.717) is 5.75 Å². The highest BCUT2D eigenvalue weighted by atomic mass is 32.2. The van der Waals surface area contributed by atoms with E-state index in [2.05, 4.69) is 6.92 Å². The lowest BCUT2D eigenvalue weighted by Gasteiger charge is -2.19. The first-order valence-electron chi connectivity index (χ1n) is 6.58. The van der Waals surface area contributed by atoms with Crippen molar-refractivity contribution in [2.75, 3.05) is 18.8 Å². The minimum atomic E-state index is -2.96. The van der Waals surface area contributed by atoms with E-state index in [1.165, 1.54) is 19.3 Å². The molecule has 16 heavy (non-hydrogen) atoms. The topological polar surface area (TPSA) is 37.4 Å². The van der Waals surface area contributed by atoms with Crippen LogP contribution in [0.2, 0.25) is 0 Å². The van der Waals surface area contributed by atoms with Crippen molar-refractivity contribution in [3.05, 3.63) is 0 Å². The molecule has 0 aromatic rings. The van der Waals surface area contributed by atoms with E-state index in [0.717, 1.165) is 38.3 Å². The summed E-state index contributed by atoms with van der Waals surface area (Å²) in [4.78, 5) is 0. The number of rotatable bonds is 5. The first kappa shape index (κ1) is 14.0. The molecule has 1 aliphatic rings. The van der Waals surface area contributed by atoms with Crippen molar-refractivity contribution in [2.45, 2.75) is 52.4 Å². The second-order valence-corrected chi connectivity index (χ2v) is 6.89. The quantitative estimate of drug-likeness (QED) is 0.749. The molecule has 0 aromatic heterocycles. The molecule has 0 aromatic carbocycles. The Bertz CT molecular complexity index is 287. The zero-order valence-electron chi connectivity index (χ0n) is 10.6. The molecule has 0 radical (unpaired) electrons. The largest absolute Gasteiger partial charge is 0.214 e. The monoisotopic (exact) mass is 247 g/mol. The van der Waals surface area contributed by atoms with Crippen LogP contribution in [0.3, 0.4) is 0 Å². The fraction of sp³-hybridized carbons (Fsp3) is 1.00. The molecule has 1 heterocycles. The summed E-state index contributed by atoms with van der Waals surface area (Å²) in [6.07, 6.45) is 6.47. The van der Waals surface area contributed by atoms with E-state index in [9.17, 15) is 8.42 Å². The first-order chi connectivity index (χ1) is 7.60. The molecule has 4 heteroatoms. The van der Waals surface area contributed by atoms with E-state index < -0.39 is 10.0 Å². The Hall–Kier alpha value is -0.0900. The van der Waals surface area contributed by atoms with Crippen LogP contribution >= 0.6 is 0 Å². The Morgan fingerprint density at radius 1 is 1.12 bits per heavy atom. The maximum absolute atomic E-state index is 11.9. The SMILES string of the molecule is CCCC1CCCN(S(=O)(=O)CCC)CC1. The molecule has 0 saturated carbocycles. The average Bonchev–Trinajstić information content (AvgIpc) is 2.44. The Morgan fingerprint density at radius 2 is 1.88 bits per heavy atom. The van der Waals surface area contributed by atoms with Gasteiger partial charge in [-0.2, -0.15) is 0 Å². The maximum atomic E-state index is 11.9. The normalized spacial score (nSPS) is 24.2. The molecule has 96 valence electrons. The van der Waals surface area contributed by atoms with Gasteiger partial charge in [0.2, 0.25) is 10.0 Å². The molecule has 0 amide bonds. The van der Waals surface area contributed by atoms with Gasteiger partial charge in [-0.1, -0.05) is 26.7 Å². The van der Waals surface area contributed by atoms with Crippen molar-refractivity contribution in [3.63, 3.8) is 0 Å². The predicted octanol–water partition coefficient (Wildman–Crippen LogP) is 2.63. The lowest BCUT2D eigenvalue weighted by Crippen LogP contribution is -2.33. The molecule has 1 saturated heterocycles. The average molecular weight is 247 g/mol. The Morgan fingerprint density at radius 3 is 2.50 bits per heavy atom. The first-order valence-corrected chi connectivity index (χ1v) is 8.19. The van der Waals surface area contributed by atoms with Crippen LogP contribution in [-0.4, -0.2) is 31.6 Å². The summed E-state index contributed by atoms with van der Waals surface area (Å²) in [6, 6.07) is 0. The van der Waals surface area contributed by atoms with Gasteiger partial charge in [-0.3, -0.25) is 0 Å². The maximum Gasteiger partial charge on any atom is 0.214 e. The zero-order chi connectivity index (χ0) is 12.0. The van der Waals surface area contributed by atoms with Crippen LogP contribution in [0.4, 0.5) is 0 Å². The van der Waals surface area contributed by atoms with Gasteiger partial charge >= 0.3 is 0 Å². The molecule has 0 spiro atoms. The van der Waals surface area contributed by atoms with Crippen molar-refractivity contribution in [3.8, 4) is 0 Å². The molecular weight excluding hydrogens is 222 g/mol. The van der Waals surface area contributed by atoms with Gasteiger partial charge in [0.05, 0.1) is 5.75 Å². The number of hydrogen-bond donors (Lipinski definition) is 0. The van der Waals surface area contributed by atoms with E-state index in [-0.39, 0.29) is 0 Å². The molecule has 1 aliphatic heterocycles. The number of sulfonamides is 1. The highest BCUT2D eigenvalue weighted by molar-refractivity contribution is 7.89. The molecule has 1 atom stereocenters. The van der Waals surface area contributed by atoms with E-state index in [4.69, 9.17) is 0 Å². The molecule has 0 aliphatic carbocycles. The van der Waals surface area contributed by atoms with Gasteiger partial charge < -0.3 is 0 Å². The summed E-state index contributed by atoms with van der Waals surface area (Å²) in [5, 5.41) is 0. The molecule has 1 rings (SSSR count). The fourth-order valence-corrected chi connectivity index (χ4v) is 4.07. The number of hydrogen-bond acceptors (Lipinski definition) is 2. The third kappa shape index (κ3) is 4.06. The van der Waals surface area contributed by atoms with Crippen molar-refractivity contribution in [1.82, 2.24) is 4.31 Å². The van der Waals surface area contributed by atoms with E-state index in [1.807, 2.05) is 6.92 Å². The van der Waals surface area contributed by atoms with Gasteiger partial charge in [-0.25, -0.2) is 12.7 Å². The second kappa shape index (κ2) is 6.60. The summed E-state index contributed by atoms with van der Waals surface area (Å²) in [5.41, 5.74) is 0.